The van der Waals surface area contributed by atoms with E-state index in [9.17, 15) is 9.90 Å². The predicted octanol–water partition coefficient (Wildman–Crippen LogP) is 3.17. The minimum atomic E-state index is -0.694. The minimum absolute atomic E-state index is 0.112. The number of carboxylic acids is 1. The van der Waals surface area contributed by atoms with E-state index in [0.29, 0.717) is 13.0 Å². The van der Waals surface area contributed by atoms with Gasteiger partial charge in [0, 0.05) is 18.5 Å². The van der Waals surface area contributed by atoms with Gasteiger partial charge in [0.15, 0.2) is 0 Å². The van der Waals surface area contributed by atoms with Crippen LogP contribution in [0, 0.1) is 11.3 Å². The SMILES string of the molecule is CC(C)C1(C(=O)O)CCN(c2ccc3ccccc3n2)C1. The van der Waals surface area contributed by atoms with Crippen LogP contribution in [0.4, 0.5) is 5.82 Å². The molecule has 0 bridgehead atoms. The second-order valence-corrected chi connectivity index (χ2v) is 6.15. The molecule has 0 saturated carbocycles. The molecule has 0 amide bonds. The van der Waals surface area contributed by atoms with Crippen LogP contribution < -0.4 is 4.90 Å². The highest BCUT2D eigenvalue weighted by Gasteiger charge is 2.47. The maximum absolute atomic E-state index is 11.7. The molecule has 4 heteroatoms. The fraction of sp³-hybridized carbons (Fsp3) is 0.412. The molecule has 1 aromatic carbocycles. The van der Waals surface area contributed by atoms with Crippen molar-refractivity contribution in [2.75, 3.05) is 18.0 Å². The first-order valence-electron chi connectivity index (χ1n) is 7.37. The Morgan fingerprint density at radius 2 is 2.05 bits per heavy atom. The number of carboxylic acid groups (broad SMARTS) is 1. The molecule has 2 heterocycles. The van der Waals surface area contributed by atoms with Crippen molar-refractivity contribution in [3.63, 3.8) is 0 Å². The van der Waals surface area contributed by atoms with Crippen LogP contribution in [0.2, 0.25) is 0 Å². The number of fused-ring (bicyclic) bond motifs is 1. The van der Waals surface area contributed by atoms with Crippen molar-refractivity contribution < 1.29 is 9.90 Å². The van der Waals surface area contributed by atoms with Crippen molar-refractivity contribution in [2.24, 2.45) is 11.3 Å². The molecular formula is C17H20N2O2. The third kappa shape index (κ3) is 2.24. The van der Waals surface area contributed by atoms with Crippen LogP contribution in [0.3, 0.4) is 0 Å². The molecule has 21 heavy (non-hydrogen) atoms. The maximum atomic E-state index is 11.7. The molecular weight excluding hydrogens is 264 g/mol. The lowest BCUT2D eigenvalue weighted by atomic mass is 9.76. The normalized spacial score (nSPS) is 22.1. The van der Waals surface area contributed by atoms with Crippen LogP contribution in [-0.4, -0.2) is 29.1 Å². The summed E-state index contributed by atoms with van der Waals surface area (Å²) in [5.41, 5.74) is 0.292. The number of nitrogens with zero attached hydrogens (tertiary/aromatic N) is 2. The van der Waals surface area contributed by atoms with Crippen LogP contribution in [0.15, 0.2) is 36.4 Å². The predicted molar refractivity (Wildman–Crippen MR) is 83.5 cm³/mol. The molecule has 3 rings (SSSR count). The zero-order chi connectivity index (χ0) is 15.0. The molecule has 0 radical (unpaired) electrons. The lowest BCUT2D eigenvalue weighted by molar-refractivity contribution is -0.150. The van der Waals surface area contributed by atoms with Crippen molar-refractivity contribution >= 4 is 22.7 Å². The van der Waals surface area contributed by atoms with Gasteiger partial charge in [-0.05, 0) is 30.5 Å². The van der Waals surface area contributed by atoms with Crippen LogP contribution in [-0.2, 0) is 4.79 Å². The summed E-state index contributed by atoms with van der Waals surface area (Å²) in [6.07, 6.45) is 0.675. The molecule has 1 N–H and O–H groups in total. The average Bonchev–Trinajstić information content (AvgIpc) is 2.93. The number of anilines is 1. The maximum Gasteiger partial charge on any atom is 0.311 e. The van der Waals surface area contributed by atoms with Gasteiger partial charge in [-0.2, -0.15) is 0 Å². The van der Waals surface area contributed by atoms with Gasteiger partial charge < -0.3 is 10.0 Å². The number of rotatable bonds is 3. The number of carbonyl (C=O) groups is 1. The molecule has 1 saturated heterocycles. The Morgan fingerprint density at radius 1 is 1.29 bits per heavy atom. The molecule has 0 spiro atoms. The minimum Gasteiger partial charge on any atom is -0.481 e. The number of aromatic nitrogens is 1. The van der Waals surface area contributed by atoms with Crippen LogP contribution in [0.25, 0.3) is 10.9 Å². The average molecular weight is 284 g/mol. The molecule has 4 nitrogen and oxygen atoms in total. The van der Waals surface area contributed by atoms with E-state index in [0.717, 1.165) is 23.3 Å². The molecule has 2 aromatic rings. The highest BCUT2D eigenvalue weighted by atomic mass is 16.4. The Morgan fingerprint density at radius 3 is 2.71 bits per heavy atom. The third-order valence-corrected chi connectivity index (χ3v) is 4.74. The van der Waals surface area contributed by atoms with Crippen molar-refractivity contribution in [2.45, 2.75) is 20.3 Å². The van der Waals surface area contributed by atoms with Gasteiger partial charge >= 0.3 is 5.97 Å². The number of aliphatic carboxylic acids is 1. The van der Waals surface area contributed by atoms with E-state index in [1.807, 2.05) is 50.2 Å². The third-order valence-electron chi connectivity index (χ3n) is 4.74. The van der Waals surface area contributed by atoms with Gasteiger partial charge in [0.25, 0.3) is 0 Å². The smallest absolute Gasteiger partial charge is 0.311 e. The monoisotopic (exact) mass is 284 g/mol. The van der Waals surface area contributed by atoms with Crippen LogP contribution in [0.5, 0.6) is 0 Å². The fourth-order valence-electron chi connectivity index (χ4n) is 3.15. The zero-order valence-corrected chi connectivity index (χ0v) is 12.4. The highest BCUT2D eigenvalue weighted by molar-refractivity contribution is 5.81. The Labute approximate surface area is 124 Å². The van der Waals surface area contributed by atoms with Gasteiger partial charge in [-0.1, -0.05) is 32.0 Å². The van der Waals surface area contributed by atoms with Crippen molar-refractivity contribution in [3.8, 4) is 0 Å². The van der Waals surface area contributed by atoms with E-state index in [2.05, 4.69) is 9.88 Å². The van der Waals surface area contributed by atoms with E-state index in [1.165, 1.54) is 0 Å². The summed E-state index contributed by atoms with van der Waals surface area (Å²) < 4.78 is 0. The Bertz CT molecular complexity index is 683. The molecule has 1 unspecified atom stereocenters. The first-order valence-corrected chi connectivity index (χ1v) is 7.37. The number of hydrogen-bond donors (Lipinski definition) is 1. The highest BCUT2D eigenvalue weighted by Crippen LogP contribution is 2.39. The topological polar surface area (TPSA) is 53.4 Å². The largest absolute Gasteiger partial charge is 0.481 e. The van der Waals surface area contributed by atoms with Gasteiger partial charge in [-0.15, -0.1) is 0 Å². The Kier molecular flexibility index (Phi) is 3.32. The number of hydrogen-bond acceptors (Lipinski definition) is 3. The van der Waals surface area contributed by atoms with E-state index in [1.54, 1.807) is 0 Å². The van der Waals surface area contributed by atoms with Gasteiger partial charge in [0.05, 0.1) is 10.9 Å². The molecule has 1 aromatic heterocycles. The van der Waals surface area contributed by atoms with E-state index in [4.69, 9.17) is 0 Å². The van der Waals surface area contributed by atoms with Gasteiger partial charge in [0.2, 0.25) is 0 Å². The van der Waals surface area contributed by atoms with E-state index in [-0.39, 0.29) is 5.92 Å². The number of para-hydroxylation sites is 1. The summed E-state index contributed by atoms with van der Waals surface area (Å²) in [5.74, 6) is 0.290. The standard InChI is InChI=1S/C17H20N2O2/c1-12(2)17(16(20)21)9-10-19(11-17)15-8-7-13-5-3-4-6-14(13)18-15/h3-8,12H,9-11H2,1-2H3,(H,20,21). The Balaban J connectivity index is 1.92. The summed E-state index contributed by atoms with van der Waals surface area (Å²) in [6, 6.07) is 12.0. The van der Waals surface area contributed by atoms with Crippen molar-refractivity contribution in [3.05, 3.63) is 36.4 Å². The molecule has 110 valence electrons. The summed E-state index contributed by atoms with van der Waals surface area (Å²) in [5, 5.41) is 10.7. The summed E-state index contributed by atoms with van der Waals surface area (Å²) in [6.45, 7) is 5.26. The first-order chi connectivity index (χ1) is 10.0. The lowest BCUT2D eigenvalue weighted by Crippen LogP contribution is -2.39. The second-order valence-electron chi connectivity index (χ2n) is 6.15. The van der Waals surface area contributed by atoms with Crippen LogP contribution >= 0.6 is 0 Å². The summed E-state index contributed by atoms with van der Waals surface area (Å²) in [7, 11) is 0. The molecule has 1 fully saturated rings. The number of benzene rings is 1. The summed E-state index contributed by atoms with van der Waals surface area (Å²) >= 11 is 0. The van der Waals surface area contributed by atoms with E-state index < -0.39 is 11.4 Å². The van der Waals surface area contributed by atoms with Gasteiger partial charge in [-0.25, -0.2) is 4.98 Å². The van der Waals surface area contributed by atoms with E-state index >= 15 is 0 Å². The molecule has 1 aliphatic heterocycles. The first kappa shape index (κ1) is 13.9. The zero-order valence-electron chi connectivity index (χ0n) is 12.4. The second kappa shape index (κ2) is 5.02. The Hall–Kier alpha value is -2.10. The van der Waals surface area contributed by atoms with Gasteiger partial charge in [-0.3, -0.25) is 4.79 Å². The fourth-order valence-corrected chi connectivity index (χ4v) is 3.15. The number of pyridine rings is 1. The quantitative estimate of drug-likeness (QED) is 0.940. The lowest BCUT2D eigenvalue weighted by Gasteiger charge is -2.29. The molecule has 1 aliphatic rings. The molecule has 1 atom stereocenters. The van der Waals surface area contributed by atoms with Crippen LogP contribution in [0.1, 0.15) is 20.3 Å². The van der Waals surface area contributed by atoms with Crippen molar-refractivity contribution in [1.29, 1.82) is 0 Å². The van der Waals surface area contributed by atoms with Gasteiger partial charge in [0.1, 0.15) is 5.82 Å². The summed E-state index contributed by atoms with van der Waals surface area (Å²) in [4.78, 5) is 18.5. The molecule has 0 aliphatic carbocycles. The van der Waals surface area contributed by atoms with Crippen molar-refractivity contribution in [1.82, 2.24) is 4.98 Å².